The summed E-state index contributed by atoms with van der Waals surface area (Å²) in [6, 6.07) is 1.77. The topological polar surface area (TPSA) is 78.1 Å². The molecule has 106 valence electrons. The van der Waals surface area contributed by atoms with Crippen LogP contribution in [0.15, 0.2) is 12.1 Å². The van der Waals surface area contributed by atoms with Gasteiger partial charge in [-0.3, -0.25) is 0 Å². The van der Waals surface area contributed by atoms with Crippen LogP contribution in [-0.4, -0.2) is 22.5 Å². The normalized spacial score (nSPS) is 11.3. The fourth-order valence-electron chi connectivity index (χ4n) is 1.75. The van der Waals surface area contributed by atoms with Crippen molar-refractivity contribution in [2.75, 3.05) is 12.3 Å². The molecule has 0 aliphatic rings. The van der Waals surface area contributed by atoms with E-state index >= 15 is 0 Å². The number of thiophene rings is 1. The van der Waals surface area contributed by atoms with Gasteiger partial charge in [0, 0.05) is 5.39 Å². The molecular formula is C14H17N3O2S. The van der Waals surface area contributed by atoms with Gasteiger partial charge >= 0.3 is 5.97 Å². The summed E-state index contributed by atoms with van der Waals surface area (Å²) in [6.07, 6.45) is 6.01. The summed E-state index contributed by atoms with van der Waals surface area (Å²) in [5, 5.41) is 0.833. The average molecular weight is 291 g/mol. The summed E-state index contributed by atoms with van der Waals surface area (Å²) < 4.78 is 5.00. The molecule has 0 unspecified atom stereocenters. The Hall–Kier alpha value is -1.95. The van der Waals surface area contributed by atoms with Crippen molar-refractivity contribution < 1.29 is 9.53 Å². The summed E-state index contributed by atoms with van der Waals surface area (Å²) >= 11 is 1.27. The van der Waals surface area contributed by atoms with Gasteiger partial charge in [0.1, 0.15) is 9.71 Å². The lowest BCUT2D eigenvalue weighted by Gasteiger charge is -1.97. The zero-order valence-corrected chi connectivity index (χ0v) is 12.4. The van der Waals surface area contributed by atoms with Crippen LogP contribution in [0.5, 0.6) is 0 Å². The van der Waals surface area contributed by atoms with E-state index in [1.165, 1.54) is 11.3 Å². The third kappa shape index (κ3) is 3.14. The van der Waals surface area contributed by atoms with Crippen LogP contribution in [0.3, 0.4) is 0 Å². The number of nitrogen functional groups attached to an aromatic ring is 1. The van der Waals surface area contributed by atoms with Gasteiger partial charge in [-0.15, -0.1) is 11.3 Å². The molecule has 0 saturated carbocycles. The number of fused-ring (bicyclic) bond motifs is 1. The lowest BCUT2D eigenvalue weighted by molar-refractivity contribution is 0.0532. The molecule has 2 aromatic heterocycles. The highest BCUT2D eigenvalue weighted by atomic mass is 32.1. The monoisotopic (exact) mass is 291 g/mol. The molecule has 5 nitrogen and oxygen atoms in total. The van der Waals surface area contributed by atoms with E-state index in [9.17, 15) is 4.79 Å². The van der Waals surface area contributed by atoms with Gasteiger partial charge in [0.2, 0.25) is 5.95 Å². The lowest BCUT2D eigenvalue weighted by atomic mass is 10.2. The molecule has 2 heterocycles. The molecule has 2 rings (SSSR count). The first-order chi connectivity index (χ1) is 9.65. The number of anilines is 1. The molecule has 0 aromatic carbocycles. The Bertz CT molecular complexity index is 649. The second-order valence-electron chi connectivity index (χ2n) is 4.21. The van der Waals surface area contributed by atoms with E-state index in [2.05, 4.69) is 16.9 Å². The Morgan fingerprint density at radius 3 is 2.95 bits per heavy atom. The minimum absolute atomic E-state index is 0.214. The third-order valence-electron chi connectivity index (χ3n) is 2.65. The van der Waals surface area contributed by atoms with Crippen molar-refractivity contribution in [2.45, 2.75) is 26.7 Å². The van der Waals surface area contributed by atoms with E-state index in [0.717, 1.165) is 23.9 Å². The van der Waals surface area contributed by atoms with Crippen LogP contribution < -0.4 is 5.73 Å². The Morgan fingerprint density at radius 2 is 2.25 bits per heavy atom. The summed E-state index contributed by atoms with van der Waals surface area (Å²) in [5.74, 6) is -0.122. The highest BCUT2D eigenvalue weighted by Gasteiger charge is 2.14. The maximum Gasteiger partial charge on any atom is 0.348 e. The van der Waals surface area contributed by atoms with Crippen molar-refractivity contribution in [3.05, 3.63) is 22.7 Å². The summed E-state index contributed by atoms with van der Waals surface area (Å²) in [7, 11) is 0. The first-order valence-corrected chi connectivity index (χ1v) is 7.38. The number of nitrogens with zero attached hydrogens (tertiary/aromatic N) is 2. The minimum atomic E-state index is -0.336. The van der Waals surface area contributed by atoms with Crippen LogP contribution in [0.25, 0.3) is 16.3 Å². The fourth-order valence-corrected chi connectivity index (χ4v) is 2.69. The molecule has 0 spiro atoms. The van der Waals surface area contributed by atoms with Gasteiger partial charge in [-0.25, -0.2) is 14.8 Å². The molecule has 2 N–H and O–H groups in total. The van der Waals surface area contributed by atoms with E-state index in [-0.39, 0.29) is 11.9 Å². The molecular weight excluding hydrogens is 274 g/mol. The van der Waals surface area contributed by atoms with Crippen LogP contribution >= 0.6 is 11.3 Å². The van der Waals surface area contributed by atoms with Gasteiger partial charge in [0.15, 0.2) is 0 Å². The molecule has 0 amide bonds. The number of esters is 1. The van der Waals surface area contributed by atoms with E-state index in [0.29, 0.717) is 16.3 Å². The van der Waals surface area contributed by atoms with Gasteiger partial charge < -0.3 is 10.5 Å². The summed E-state index contributed by atoms with van der Waals surface area (Å²) in [5.41, 5.74) is 6.45. The molecule has 0 atom stereocenters. The molecule has 6 heteroatoms. The van der Waals surface area contributed by atoms with E-state index in [1.54, 1.807) is 13.0 Å². The van der Waals surface area contributed by atoms with Crippen LogP contribution in [-0.2, 0) is 4.74 Å². The van der Waals surface area contributed by atoms with Crippen LogP contribution in [0.4, 0.5) is 5.95 Å². The average Bonchev–Trinajstić information content (AvgIpc) is 2.83. The van der Waals surface area contributed by atoms with Crippen molar-refractivity contribution in [3.63, 3.8) is 0 Å². The molecule has 0 saturated heterocycles. The first kappa shape index (κ1) is 14.5. The SMILES string of the molecule is CCC/C=C/c1nc(N)nc2sc(C(=O)OCC)cc12. The number of carbonyl (C=O) groups is 1. The zero-order valence-electron chi connectivity index (χ0n) is 11.5. The fraction of sp³-hybridized carbons (Fsp3) is 0.357. The van der Waals surface area contributed by atoms with Crippen LogP contribution in [0.2, 0.25) is 0 Å². The number of ether oxygens (including phenoxy) is 1. The number of hydrogen-bond acceptors (Lipinski definition) is 6. The number of nitrogens with two attached hydrogens (primary N) is 1. The number of aromatic nitrogens is 2. The van der Waals surface area contributed by atoms with Crippen LogP contribution in [0, 0.1) is 0 Å². The number of hydrogen-bond donors (Lipinski definition) is 1. The third-order valence-corrected chi connectivity index (χ3v) is 3.66. The largest absolute Gasteiger partial charge is 0.462 e. The highest BCUT2D eigenvalue weighted by molar-refractivity contribution is 7.20. The standard InChI is InChI=1S/C14H17N3O2S/c1-3-5-6-7-10-9-8-11(13(18)19-4-2)20-12(9)17-14(15)16-10/h6-8H,3-5H2,1-2H3,(H2,15,16,17)/b7-6+. The lowest BCUT2D eigenvalue weighted by Crippen LogP contribution is -2.01. The van der Waals surface area contributed by atoms with Crippen LogP contribution in [0.1, 0.15) is 42.1 Å². The summed E-state index contributed by atoms with van der Waals surface area (Å²) in [4.78, 5) is 21.4. The van der Waals surface area contributed by atoms with Crippen molar-refractivity contribution in [3.8, 4) is 0 Å². The van der Waals surface area contributed by atoms with Gasteiger partial charge in [-0.2, -0.15) is 0 Å². The molecule has 0 radical (unpaired) electrons. The van der Waals surface area contributed by atoms with Crippen molar-refractivity contribution in [2.24, 2.45) is 0 Å². The minimum Gasteiger partial charge on any atom is -0.462 e. The molecule has 2 aromatic rings. The zero-order chi connectivity index (χ0) is 14.5. The summed E-state index contributed by atoms with van der Waals surface area (Å²) in [6.45, 7) is 4.24. The van der Waals surface area contributed by atoms with Gasteiger partial charge in [0.25, 0.3) is 0 Å². The van der Waals surface area contributed by atoms with Crippen molar-refractivity contribution >= 4 is 39.5 Å². The number of carbonyl (C=O) groups excluding carboxylic acids is 1. The highest BCUT2D eigenvalue weighted by Crippen LogP contribution is 2.28. The van der Waals surface area contributed by atoms with Gasteiger partial charge in [-0.1, -0.05) is 19.4 Å². The number of allylic oxidation sites excluding steroid dienone is 1. The number of unbranched alkanes of at least 4 members (excludes halogenated alkanes) is 1. The molecule has 0 aliphatic heterocycles. The van der Waals surface area contributed by atoms with E-state index < -0.39 is 0 Å². The quantitative estimate of drug-likeness (QED) is 0.855. The molecule has 20 heavy (non-hydrogen) atoms. The Labute approximate surface area is 121 Å². The maximum atomic E-state index is 11.8. The second kappa shape index (κ2) is 6.47. The first-order valence-electron chi connectivity index (χ1n) is 6.56. The van der Waals surface area contributed by atoms with E-state index in [1.807, 2.05) is 12.2 Å². The molecule has 0 fully saturated rings. The van der Waals surface area contributed by atoms with Crippen molar-refractivity contribution in [1.29, 1.82) is 0 Å². The van der Waals surface area contributed by atoms with Gasteiger partial charge in [0.05, 0.1) is 12.3 Å². The van der Waals surface area contributed by atoms with E-state index in [4.69, 9.17) is 10.5 Å². The Balaban J connectivity index is 2.44. The molecule has 0 aliphatic carbocycles. The maximum absolute atomic E-state index is 11.8. The smallest absolute Gasteiger partial charge is 0.348 e. The Morgan fingerprint density at radius 1 is 1.45 bits per heavy atom. The number of rotatable bonds is 5. The second-order valence-corrected chi connectivity index (χ2v) is 5.24. The van der Waals surface area contributed by atoms with Crippen molar-refractivity contribution in [1.82, 2.24) is 9.97 Å². The molecule has 0 bridgehead atoms. The predicted molar refractivity (Wildman–Crippen MR) is 81.7 cm³/mol. The predicted octanol–water partition coefficient (Wildman–Crippen LogP) is 3.26. The Kier molecular flexibility index (Phi) is 4.68. The van der Waals surface area contributed by atoms with Gasteiger partial charge in [-0.05, 0) is 25.5 Å².